The lowest BCUT2D eigenvalue weighted by molar-refractivity contribution is 0.0695. The zero-order valence-corrected chi connectivity index (χ0v) is 10.7. The highest BCUT2D eigenvalue weighted by Gasteiger charge is 2.08. The molecule has 0 aliphatic rings. The summed E-state index contributed by atoms with van der Waals surface area (Å²) in [5.41, 5.74) is 0.486. The van der Waals surface area contributed by atoms with Gasteiger partial charge in [0.1, 0.15) is 17.2 Å². The Hall–Kier alpha value is -2.82. The molecule has 0 spiro atoms. The van der Waals surface area contributed by atoms with Gasteiger partial charge in [0, 0.05) is 11.6 Å². The van der Waals surface area contributed by atoms with Crippen LogP contribution in [-0.2, 0) is 0 Å². The van der Waals surface area contributed by atoms with Crippen LogP contribution in [0.25, 0.3) is 0 Å². The standard InChI is InChI=1S/C15H12O5/c1-9(16)10-2-4-13(5-3-10)20-14-7-11(15(18)19)6-12(17)8-14/h2-8,17H,1H3,(H,18,19). The Labute approximate surface area is 115 Å². The fourth-order valence-corrected chi connectivity index (χ4v) is 1.66. The van der Waals surface area contributed by atoms with Crippen molar-refractivity contribution in [1.82, 2.24) is 0 Å². The van der Waals surface area contributed by atoms with Gasteiger partial charge >= 0.3 is 5.97 Å². The van der Waals surface area contributed by atoms with Crippen molar-refractivity contribution in [3.05, 3.63) is 53.6 Å². The number of aromatic hydroxyl groups is 1. The molecule has 0 radical (unpaired) electrons. The molecule has 2 rings (SSSR count). The molecule has 5 nitrogen and oxygen atoms in total. The highest BCUT2D eigenvalue weighted by atomic mass is 16.5. The van der Waals surface area contributed by atoms with Crippen molar-refractivity contribution in [2.45, 2.75) is 6.92 Å². The molecule has 0 atom stereocenters. The maximum atomic E-state index is 11.1. The third-order valence-electron chi connectivity index (χ3n) is 2.63. The first kappa shape index (κ1) is 13.6. The summed E-state index contributed by atoms with van der Waals surface area (Å²) in [6.45, 7) is 1.46. The number of aromatic carboxylic acids is 1. The Balaban J connectivity index is 2.25. The molecule has 0 aliphatic carbocycles. The van der Waals surface area contributed by atoms with Crippen LogP contribution < -0.4 is 4.74 Å². The molecule has 0 heterocycles. The number of Topliss-reactive ketones (excluding diaryl/α,β-unsaturated/α-hetero) is 1. The summed E-state index contributed by atoms with van der Waals surface area (Å²) in [7, 11) is 0. The number of ether oxygens (including phenoxy) is 1. The minimum absolute atomic E-state index is 0.0536. The van der Waals surface area contributed by atoms with Crippen LogP contribution in [0.5, 0.6) is 17.2 Å². The van der Waals surface area contributed by atoms with E-state index in [4.69, 9.17) is 9.84 Å². The Kier molecular flexibility index (Phi) is 3.70. The quantitative estimate of drug-likeness (QED) is 0.835. The van der Waals surface area contributed by atoms with E-state index in [-0.39, 0.29) is 22.8 Å². The molecule has 5 heteroatoms. The maximum absolute atomic E-state index is 11.1. The lowest BCUT2D eigenvalue weighted by Gasteiger charge is -2.07. The van der Waals surface area contributed by atoms with Gasteiger partial charge in [-0.15, -0.1) is 0 Å². The number of hydrogen-bond acceptors (Lipinski definition) is 4. The van der Waals surface area contributed by atoms with Gasteiger partial charge in [0.15, 0.2) is 5.78 Å². The van der Waals surface area contributed by atoms with Crippen molar-refractivity contribution in [1.29, 1.82) is 0 Å². The number of carboxylic acids is 1. The Morgan fingerprint density at radius 2 is 1.60 bits per heavy atom. The summed E-state index contributed by atoms with van der Waals surface area (Å²) in [6.07, 6.45) is 0. The molecular weight excluding hydrogens is 260 g/mol. The van der Waals surface area contributed by atoms with Gasteiger partial charge in [-0.1, -0.05) is 0 Å². The zero-order chi connectivity index (χ0) is 14.7. The van der Waals surface area contributed by atoms with Gasteiger partial charge in [-0.05, 0) is 43.3 Å². The molecule has 0 unspecified atom stereocenters. The Morgan fingerprint density at radius 3 is 2.15 bits per heavy atom. The molecule has 2 aromatic rings. The van der Waals surface area contributed by atoms with Crippen LogP contribution in [-0.4, -0.2) is 22.0 Å². The lowest BCUT2D eigenvalue weighted by Crippen LogP contribution is -1.96. The van der Waals surface area contributed by atoms with Gasteiger partial charge in [0.05, 0.1) is 5.56 Å². The van der Waals surface area contributed by atoms with Gasteiger partial charge in [0.2, 0.25) is 0 Å². The number of carboxylic acid groups (broad SMARTS) is 1. The second-order valence-electron chi connectivity index (χ2n) is 4.20. The van der Waals surface area contributed by atoms with Gasteiger partial charge in [0.25, 0.3) is 0 Å². The summed E-state index contributed by atoms with van der Waals surface area (Å²) in [5, 5.41) is 18.3. The normalized spacial score (nSPS) is 10.1. The highest BCUT2D eigenvalue weighted by molar-refractivity contribution is 5.94. The van der Waals surface area contributed by atoms with Crippen molar-refractivity contribution < 1.29 is 24.5 Å². The largest absolute Gasteiger partial charge is 0.508 e. The molecule has 0 saturated heterocycles. The molecule has 2 aromatic carbocycles. The van der Waals surface area contributed by atoms with Gasteiger partial charge in [-0.25, -0.2) is 4.79 Å². The van der Waals surface area contributed by atoms with Crippen LogP contribution >= 0.6 is 0 Å². The maximum Gasteiger partial charge on any atom is 0.335 e. The summed E-state index contributed by atoms with van der Waals surface area (Å²) in [5.74, 6) is -0.755. The minimum atomic E-state index is -1.15. The number of carbonyl (C=O) groups excluding carboxylic acids is 1. The monoisotopic (exact) mass is 272 g/mol. The first-order chi connectivity index (χ1) is 9.45. The predicted molar refractivity (Wildman–Crippen MR) is 71.6 cm³/mol. The molecule has 0 aromatic heterocycles. The average Bonchev–Trinajstić information content (AvgIpc) is 2.38. The van der Waals surface area contributed by atoms with Gasteiger partial charge in [-0.2, -0.15) is 0 Å². The summed E-state index contributed by atoms with van der Waals surface area (Å²) in [6, 6.07) is 10.2. The van der Waals surface area contributed by atoms with Crippen molar-refractivity contribution in [2.24, 2.45) is 0 Å². The molecule has 2 N–H and O–H groups in total. The van der Waals surface area contributed by atoms with Crippen molar-refractivity contribution >= 4 is 11.8 Å². The van der Waals surface area contributed by atoms with E-state index < -0.39 is 5.97 Å². The van der Waals surface area contributed by atoms with Crippen LogP contribution in [0.1, 0.15) is 27.6 Å². The van der Waals surface area contributed by atoms with E-state index in [9.17, 15) is 14.7 Å². The number of rotatable bonds is 4. The van der Waals surface area contributed by atoms with Crippen LogP contribution in [0, 0.1) is 0 Å². The molecule has 0 saturated carbocycles. The number of benzene rings is 2. The summed E-state index contributed by atoms with van der Waals surface area (Å²) >= 11 is 0. The van der Waals surface area contributed by atoms with Crippen LogP contribution in [0.3, 0.4) is 0 Å². The predicted octanol–water partition coefficient (Wildman–Crippen LogP) is 3.09. The second kappa shape index (κ2) is 5.44. The smallest absolute Gasteiger partial charge is 0.335 e. The number of ketones is 1. The topological polar surface area (TPSA) is 83.8 Å². The van der Waals surface area contributed by atoms with E-state index in [0.29, 0.717) is 11.3 Å². The fraction of sp³-hybridized carbons (Fsp3) is 0.0667. The number of phenolic OH excluding ortho intramolecular Hbond substituents is 1. The van der Waals surface area contributed by atoms with Crippen LogP contribution in [0.15, 0.2) is 42.5 Å². The summed E-state index contributed by atoms with van der Waals surface area (Å²) in [4.78, 5) is 22.0. The SMILES string of the molecule is CC(=O)c1ccc(Oc2cc(O)cc(C(=O)O)c2)cc1. The van der Waals surface area contributed by atoms with E-state index in [0.717, 1.165) is 6.07 Å². The molecule has 102 valence electrons. The third kappa shape index (κ3) is 3.14. The average molecular weight is 272 g/mol. The molecule has 0 amide bonds. The van der Waals surface area contributed by atoms with E-state index in [1.165, 1.54) is 19.1 Å². The van der Waals surface area contributed by atoms with Crippen molar-refractivity contribution in [3.63, 3.8) is 0 Å². The first-order valence-corrected chi connectivity index (χ1v) is 5.82. The molecule has 0 fully saturated rings. The number of carbonyl (C=O) groups is 2. The molecular formula is C15H12O5. The van der Waals surface area contributed by atoms with E-state index in [1.807, 2.05) is 0 Å². The first-order valence-electron chi connectivity index (χ1n) is 5.82. The number of phenols is 1. The van der Waals surface area contributed by atoms with E-state index in [1.54, 1.807) is 24.3 Å². The zero-order valence-electron chi connectivity index (χ0n) is 10.7. The lowest BCUT2D eigenvalue weighted by atomic mass is 10.1. The molecule has 20 heavy (non-hydrogen) atoms. The van der Waals surface area contributed by atoms with E-state index in [2.05, 4.69) is 0 Å². The Bertz CT molecular complexity index is 658. The second-order valence-corrected chi connectivity index (χ2v) is 4.20. The summed E-state index contributed by atoms with van der Waals surface area (Å²) < 4.78 is 5.45. The number of hydrogen-bond donors (Lipinski definition) is 2. The van der Waals surface area contributed by atoms with Crippen molar-refractivity contribution in [3.8, 4) is 17.2 Å². The fourth-order valence-electron chi connectivity index (χ4n) is 1.66. The van der Waals surface area contributed by atoms with Crippen molar-refractivity contribution in [2.75, 3.05) is 0 Å². The molecule has 0 aliphatic heterocycles. The molecule has 0 bridgehead atoms. The highest BCUT2D eigenvalue weighted by Crippen LogP contribution is 2.27. The van der Waals surface area contributed by atoms with Gasteiger partial charge in [-0.3, -0.25) is 4.79 Å². The third-order valence-corrected chi connectivity index (χ3v) is 2.63. The Morgan fingerprint density at radius 1 is 0.950 bits per heavy atom. The van der Waals surface area contributed by atoms with Crippen LogP contribution in [0.2, 0.25) is 0 Å². The minimum Gasteiger partial charge on any atom is -0.508 e. The van der Waals surface area contributed by atoms with Crippen LogP contribution in [0.4, 0.5) is 0 Å². The van der Waals surface area contributed by atoms with E-state index >= 15 is 0 Å². The van der Waals surface area contributed by atoms with Gasteiger partial charge < -0.3 is 14.9 Å².